The van der Waals surface area contributed by atoms with Crippen LogP contribution in [0.15, 0.2) is 72.4 Å². The summed E-state index contributed by atoms with van der Waals surface area (Å²) in [6, 6.07) is 18.8. The number of thiazole rings is 1. The van der Waals surface area contributed by atoms with Gasteiger partial charge in [-0.25, -0.2) is 9.97 Å². The third-order valence-electron chi connectivity index (χ3n) is 6.34. The number of aromatic nitrogens is 4. The lowest BCUT2D eigenvalue weighted by Crippen LogP contribution is -2.28. The summed E-state index contributed by atoms with van der Waals surface area (Å²) in [5, 5.41) is 2.15. The molecule has 1 amide bonds. The fourth-order valence-corrected chi connectivity index (χ4v) is 5.52. The van der Waals surface area contributed by atoms with Gasteiger partial charge in [-0.1, -0.05) is 54.6 Å². The van der Waals surface area contributed by atoms with E-state index in [-0.39, 0.29) is 11.9 Å². The topological polar surface area (TPSA) is 66.3 Å². The standard InChI is InChI=1S/C26H23N5OS/c1-17(32)30-13-5-8-23(30)25-27-14-21(28-25)18-9-11-19(12-10-18)22-15-31-24(16-33-26(31)29-22)20-6-3-2-4-7-20/h2-4,6-7,9-12,14-16,23H,5,8,13H2,1H3,(H,27,28)/t23-/m0/s1. The Kier molecular flexibility index (Phi) is 4.84. The minimum atomic E-state index is 0.0489. The van der Waals surface area contributed by atoms with Crippen molar-refractivity contribution in [1.82, 2.24) is 24.3 Å². The largest absolute Gasteiger partial charge is 0.340 e. The molecule has 164 valence electrons. The first-order valence-electron chi connectivity index (χ1n) is 11.1. The Hall–Kier alpha value is -3.71. The summed E-state index contributed by atoms with van der Waals surface area (Å²) in [6.07, 6.45) is 5.94. The molecule has 1 atom stereocenters. The third-order valence-corrected chi connectivity index (χ3v) is 7.18. The molecule has 0 saturated carbocycles. The van der Waals surface area contributed by atoms with Gasteiger partial charge in [0.2, 0.25) is 5.91 Å². The molecule has 1 aliphatic rings. The van der Waals surface area contributed by atoms with E-state index in [4.69, 9.17) is 4.98 Å². The van der Waals surface area contributed by atoms with Crippen molar-refractivity contribution < 1.29 is 4.79 Å². The van der Waals surface area contributed by atoms with Crippen LogP contribution in [0.3, 0.4) is 0 Å². The van der Waals surface area contributed by atoms with Crippen molar-refractivity contribution in [1.29, 1.82) is 0 Å². The highest BCUT2D eigenvalue weighted by Gasteiger charge is 2.30. The lowest BCUT2D eigenvalue weighted by molar-refractivity contribution is -0.129. The molecule has 0 aliphatic carbocycles. The van der Waals surface area contributed by atoms with E-state index in [0.29, 0.717) is 0 Å². The van der Waals surface area contributed by atoms with Gasteiger partial charge in [0.1, 0.15) is 5.82 Å². The van der Waals surface area contributed by atoms with Crippen molar-refractivity contribution in [3.8, 4) is 33.8 Å². The number of H-pyrrole nitrogens is 1. The molecule has 0 spiro atoms. The van der Waals surface area contributed by atoms with Crippen LogP contribution >= 0.6 is 11.3 Å². The van der Waals surface area contributed by atoms with E-state index in [2.05, 4.69) is 74.5 Å². The predicted octanol–water partition coefficient (Wildman–Crippen LogP) is 5.80. The van der Waals surface area contributed by atoms with Crippen molar-refractivity contribution in [2.24, 2.45) is 0 Å². The first-order chi connectivity index (χ1) is 16.2. The summed E-state index contributed by atoms with van der Waals surface area (Å²) >= 11 is 1.65. The second kappa shape index (κ2) is 8.01. The number of amides is 1. The summed E-state index contributed by atoms with van der Waals surface area (Å²) in [6.45, 7) is 2.43. The van der Waals surface area contributed by atoms with Gasteiger partial charge in [-0.15, -0.1) is 11.3 Å². The van der Waals surface area contributed by atoms with E-state index in [1.54, 1.807) is 18.3 Å². The molecule has 2 aromatic carbocycles. The molecule has 6 nitrogen and oxygen atoms in total. The molecule has 5 aromatic rings. The second-order valence-corrected chi connectivity index (χ2v) is 9.23. The van der Waals surface area contributed by atoms with Gasteiger partial charge in [0, 0.05) is 30.6 Å². The summed E-state index contributed by atoms with van der Waals surface area (Å²) in [5.41, 5.74) is 6.40. The van der Waals surface area contributed by atoms with Gasteiger partial charge in [0.15, 0.2) is 4.96 Å². The number of rotatable bonds is 4. The van der Waals surface area contributed by atoms with Crippen LogP contribution in [0.25, 0.3) is 38.7 Å². The number of imidazole rings is 2. The minimum Gasteiger partial charge on any atom is -0.340 e. The number of nitrogens with zero attached hydrogens (tertiary/aromatic N) is 4. The summed E-state index contributed by atoms with van der Waals surface area (Å²) in [5.74, 6) is 0.972. The van der Waals surface area contributed by atoms with Crippen molar-refractivity contribution >= 4 is 22.2 Å². The molecule has 4 heterocycles. The number of benzene rings is 2. The number of carbonyl (C=O) groups excluding carboxylic acids is 1. The Morgan fingerprint density at radius 1 is 1.06 bits per heavy atom. The third kappa shape index (κ3) is 3.54. The van der Waals surface area contributed by atoms with Gasteiger partial charge >= 0.3 is 0 Å². The van der Waals surface area contributed by atoms with Crippen LogP contribution in [-0.4, -0.2) is 36.7 Å². The molecule has 0 radical (unpaired) electrons. The average molecular weight is 454 g/mol. The molecular weight excluding hydrogens is 430 g/mol. The van der Waals surface area contributed by atoms with E-state index >= 15 is 0 Å². The summed E-state index contributed by atoms with van der Waals surface area (Å²) in [4.78, 5) is 27.6. The number of carbonyl (C=O) groups is 1. The molecule has 1 fully saturated rings. The van der Waals surface area contributed by atoms with Gasteiger partial charge in [-0.3, -0.25) is 9.20 Å². The van der Waals surface area contributed by atoms with Crippen LogP contribution in [0.5, 0.6) is 0 Å². The van der Waals surface area contributed by atoms with Gasteiger partial charge in [0.05, 0.1) is 29.3 Å². The fourth-order valence-electron chi connectivity index (χ4n) is 4.64. The fraction of sp³-hybridized carbons (Fsp3) is 0.192. The number of hydrogen-bond donors (Lipinski definition) is 1. The van der Waals surface area contributed by atoms with Gasteiger partial charge in [-0.2, -0.15) is 0 Å². The SMILES string of the molecule is CC(=O)N1CCC[C@H]1c1ncc(-c2ccc(-c3cn4c(-c5ccccc5)csc4n3)cc2)[nH]1. The minimum absolute atomic E-state index is 0.0489. The van der Waals surface area contributed by atoms with E-state index in [1.807, 2.05) is 17.2 Å². The molecule has 0 unspecified atom stereocenters. The normalized spacial score (nSPS) is 16.0. The molecular formula is C26H23N5OS. The highest BCUT2D eigenvalue weighted by Crippen LogP contribution is 2.33. The zero-order valence-corrected chi connectivity index (χ0v) is 19.0. The van der Waals surface area contributed by atoms with Crippen LogP contribution < -0.4 is 0 Å². The Labute approximate surface area is 195 Å². The predicted molar refractivity (Wildman–Crippen MR) is 131 cm³/mol. The Morgan fingerprint density at radius 2 is 1.85 bits per heavy atom. The maximum absolute atomic E-state index is 11.9. The first kappa shape index (κ1) is 19.9. The maximum Gasteiger partial charge on any atom is 0.220 e. The Morgan fingerprint density at radius 3 is 2.64 bits per heavy atom. The smallest absolute Gasteiger partial charge is 0.220 e. The van der Waals surface area contributed by atoms with E-state index in [0.717, 1.165) is 58.4 Å². The van der Waals surface area contributed by atoms with Crippen molar-refractivity contribution in [2.75, 3.05) is 6.54 Å². The summed E-state index contributed by atoms with van der Waals surface area (Å²) < 4.78 is 2.16. The zero-order valence-electron chi connectivity index (χ0n) is 18.2. The second-order valence-electron chi connectivity index (χ2n) is 8.40. The van der Waals surface area contributed by atoms with E-state index in [9.17, 15) is 4.79 Å². The maximum atomic E-state index is 11.9. The molecule has 1 saturated heterocycles. The van der Waals surface area contributed by atoms with Crippen LogP contribution in [0.4, 0.5) is 0 Å². The number of hydrogen-bond acceptors (Lipinski definition) is 4. The number of aromatic amines is 1. The molecule has 7 heteroatoms. The Bertz CT molecular complexity index is 1430. The monoisotopic (exact) mass is 453 g/mol. The molecule has 0 bridgehead atoms. The van der Waals surface area contributed by atoms with Crippen LogP contribution in [-0.2, 0) is 4.79 Å². The highest BCUT2D eigenvalue weighted by molar-refractivity contribution is 7.15. The first-order valence-corrected chi connectivity index (χ1v) is 12.0. The van der Waals surface area contributed by atoms with E-state index in [1.165, 1.54) is 5.56 Å². The number of likely N-dealkylation sites (tertiary alicyclic amines) is 1. The molecule has 6 rings (SSSR count). The molecule has 33 heavy (non-hydrogen) atoms. The van der Waals surface area contributed by atoms with Crippen LogP contribution in [0.2, 0.25) is 0 Å². The summed E-state index contributed by atoms with van der Waals surface area (Å²) in [7, 11) is 0. The van der Waals surface area contributed by atoms with Gasteiger partial charge in [0.25, 0.3) is 0 Å². The molecule has 3 aromatic heterocycles. The lowest BCUT2D eigenvalue weighted by atomic mass is 10.1. The van der Waals surface area contributed by atoms with Crippen molar-refractivity contribution in [2.45, 2.75) is 25.8 Å². The van der Waals surface area contributed by atoms with E-state index < -0.39 is 0 Å². The number of fused-ring (bicyclic) bond motifs is 1. The van der Waals surface area contributed by atoms with Gasteiger partial charge in [-0.05, 0) is 24.0 Å². The Balaban J connectivity index is 1.26. The van der Waals surface area contributed by atoms with Crippen LogP contribution in [0.1, 0.15) is 31.6 Å². The van der Waals surface area contributed by atoms with Crippen molar-refractivity contribution in [3.63, 3.8) is 0 Å². The molecule has 1 N–H and O–H groups in total. The lowest BCUT2D eigenvalue weighted by Gasteiger charge is -2.21. The highest BCUT2D eigenvalue weighted by atomic mass is 32.1. The zero-order chi connectivity index (χ0) is 22.4. The van der Waals surface area contributed by atoms with Crippen LogP contribution in [0, 0.1) is 0 Å². The molecule has 1 aliphatic heterocycles. The quantitative estimate of drug-likeness (QED) is 0.374. The van der Waals surface area contributed by atoms with Gasteiger partial charge < -0.3 is 9.88 Å². The van der Waals surface area contributed by atoms with Crippen molar-refractivity contribution in [3.05, 3.63) is 78.2 Å². The number of nitrogens with one attached hydrogen (secondary N) is 1. The average Bonchev–Trinajstić information content (AvgIpc) is 3.63.